The Morgan fingerprint density at radius 1 is 0.923 bits per heavy atom. The third kappa shape index (κ3) is 4.09. The Morgan fingerprint density at radius 2 is 1.64 bits per heavy atom. The monoisotopic (exact) mass is 543 g/mol. The molecule has 6 nitrogen and oxygen atoms in total. The molecule has 7 aliphatic rings. The fraction of sp³-hybridized carbons (Fsp3) is 0.939. The van der Waals surface area contributed by atoms with Crippen molar-refractivity contribution < 1.29 is 24.2 Å². The van der Waals surface area contributed by atoms with Gasteiger partial charge in [-0.1, -0.05) is 20.4 Å². The van der Waals surface area contributed by atoms with Gasteiger partial charge in [0.25, 0.3) is 0 Å². The molecule has 7 rings (SSSR count). The number of aliphatic hydroxyl groups is 2. The van der Waals surface area contributed by atoms with Gasteiger partial charge in [-0.25, -0.2) is 0 Å². The molecule has 0 bridgehead atoms. The van der Waals surface area contributed by atoms with Crippen LogP contribution < -0.4 is 0 Å². The molecule has 0 radical (unpaired) electrons. The molecule has 2 N–H and O–H groups in total. The SMILES string of the molecule is C=CC[N+]1([C@H]2C[C@H]3[C@@H]4CC[C@H]5C[C@H](O)[C@@H](N6CCC7(CC6)OCCO7)C[C@]5(C)[C@H]4CC[C@]3(C)C2O)CCCC1. The predicted octanol–water partition coefficient (Wildman–Crippen LogP) is 4.34. The van der Waals surface area contributed by atoms with Crippen LogP contribution in [0.5, 0.6) is 0 Å². The molecule has 0 aromatic rings. The van der Waals surface area contributed by atoms with Crippen LogP contribution in [-0.2, 0) is 9.47 Å². The number of quaternary nitrogens is 1. The Balaban J connectivity index is 1.11. The predicted molar refractivity (Wildman–Crippen MR) is 152 cm³/mol. The van der Waals surface area contributed by atoms with Crippen molar-refractivity contribution in [2.45, 2.75) is 115 Å². The molecule has 0 aromatic carbocycles. The summed E-state index contributed by atoms with van der Waals surface area (Å²) in [6, 6.07) is 0.636. The maximum atomic E-state index is 12.0. The quantitative estimate of drug-likeness (QED) is 0.408. The molecular formula is C33H55N2O4+. The summed E-state index contributed by atoms with van der Waals surface area (Å²) in [6.07, 6.45) is 14.4. The van der Waals surface area contributed by atoms with Gasteiger partial charge in [-0.3, -0.25) is 4.90 Å². The summed E-state index contributed by atoms with van der Waals surface area (Å²) >= 11 is 0. The summed E-state index contributed by atoms with van der Waals surface area (Å²) in [5, 5.41) is 23.4. The van der Waals surface area contributed by atoms with Gasteiger partial charge in [0.15, 0.2) is 5.79 Å². The molecule has 220 valence electrons. The molecule has 1 unspecified atom stereocenters. The minimum atomic E-state index is -0.354. The number of aliphatic hydroxyl groups excluding tert-OH is 2. The highest BCUT2D eigenvalue weighted by molar-refractivity contribution is 5.13. The molecule has 39 heavy (non-hydrogen) atoms. The van der Waals surface area contributed by atoms with Crippen molar-refractivity contribution in [2.75, 3.05) is 45.9 Å². The Bertz CT molecular complexity index is 921. The highest BCUT2D eigenvalue weighted by atomic mass is 16.7. The Kier molecular flexibility index (Phi) is 6.85. The van der Waals surface area contributed by atoms with E-state index < -0.39 is 0 Å². The van der Waals surface area contributed by atoms with Gasteiger partial charge in [-0.15, -0.1) is 0 Å². The third-order valence-electron chi connectivity index (χ3n) is 14.2. The van der Waals surface area contributed by atoms with Gasteiger partial charge >= 0.3 is 0 Å². The average molecular weight is 544 g/mol. The summed E-state index contributed by atoms with van der Waals surface area (Å²) in [5.74, 6) is 2.35. The number of fused-ring (bicyclic) bond motifs is 5. The van der Waals surface area contributed by atoms with Crippen molar-refractivity contribution in [1.29, 1.82) is 0 Å². The maximum Gasteiger partial charge on any atom is 0.170 e. The molecule has 0 amide bonds. The lowest BCUT2D eigenvalue weighted by Gasteiger charge is -2.62. The van der Waals surface area contributed by atoms with E-state index in [-0.39, 0.29) is 34.9 Å². The number of rotatable bonds is 4. The summed E-state index contributed by atoms with van der Waals surface area (Å²) in [6.45, 7) is 16.0. The molecule has 3 heterocycles. The fourth-order valence-corrected chi connectivity index (χ4v) is 12.0. The van der Waals surface area contributed by atoms with Gasteiger partial charge in [0.2, 0.25) is 0 Å². The van der Waals surface area contributed by atoms with Crippen molar-refractivity contribution in [2.24, 2.45) is 34.5 Å². The first kappa shape index (κ1) is 27.3. The van der Waals surface area contributed by atoms with Crippen LogP contribution in [0.15, 0.2) is 12.7 Å². The average Bonchev–Trinajstić information content (AvgIpc) is 3.65. The molecule has 10 atom stereocenters. The summed E-state index contributed by atoms with van der Waals surface area (Å²) in [5.41, 5.74) is 0.341. The summed E-state index contributed by atoms with van der Waals surface area (Å²) in [4.78, 5) is 2.59. The molecule has 4 saturated carbocycles. The first-order valence-corrected chi connectivity index (χ1v) is 16.6. The van der Waals surface area contributed by atoms with E-state index in [2.05, 4.69) is 31.4 Å². The lowest BCUT2D eigenvalue weighted by molar-refractivity contribution is -0.938. The van der Waals surface area contributed by atoms with Gasteiger partial charge in [0, 0.05) is 56.7 Å². The van der Waals surface area contributed by atoms with E-state index >= 15 is 0 Å². The zero-order chi connectivity index (χ0) is 27.0. The third-order valence-corrected chi connectivity index (χ3v) is 14.2. The van der Waals surface area contributed by atoms with Crippen LogP contribution in [0.1, 0.15) is 84.5 Å². The number of ether oxygens (including phenoxy) is 2. The van der Waals surface area contributed by atoms with E-state index in [1.54, 1.807) is 0 Å². The van der Waals surface area contributed by atoms with Gasteiger partial charge in [0.05, 0.1) is 39.0 Å². The number of hydrogen-bond donors (Lipinski definition) is 2. The molecular weight excluding hydrogens is 488 g/mol. The van der Waals surface area contributed by atoms with Gasteiger partial charge in [0.1, 0.15) is 12.1 Å². The number of piperidine rings is 1. The van der Waals surface area contributed by atoms with Crippen LogP contribution in [0.4, 0.5) is 0 Å². The van der Waals surface area contributed by atoms with E-state index in [4.69, 9.17) is 9.47 Å². The second kappa shape index (κ2) is 9.77. The van der Waals surface area contributed by atoms with E-state index in [1.165, 1.54) is 58.0 Å². The van der Waals surface area contributed by atoms with E-state index in [0.29, 0.717) is 17.9 Å². The van der Waals surface area contributed by atoms with Crippen molar-refractivity contribution in [1.82, 2.24) is 4.90 Å². The zero-order valence-electron chi connectivity index (χ0n) is 24.7. The van der Waals surface area contributed by atoms with Crippen molar-refractivity contribution in [3.05, 3.63) is 12.7 Å². The van der Waals surface area contributed by atoms with Crippen LogP contribution in [0.25, 0.3) is 0 Å². The zero-order valence-corrected chi connectivity index (χ0v) is 24.7. The van der Waals surface area contributed by atoms with Crippen molar-refractivity contribution in [3.63, 3.8) is 0 Å². The topological polar surface area (TPSA) is 62.2 Å². The van der Waals surface area contributed by atoms with Crippen LogP contribution >= 0.6 is 0 Å². The highest BCUT2D eigenvalue weighted by Crippen LogP contribution is 2.67. The van der Waals surface area contributed by atoms with Gasteiger partial charge in [-0.2, -0.15) is 0 Å². The second-order valence-electron chi connectivity index (χ2n) is 15.5. The number of likely N-dealkylation sites (tertiary alicyclic amines) is 2. The molecule has 4 aliphatic carbocycles. The normalized spacial score (nSPS) is 50.9. The highest BCUT2D eigenvalue weighted by Gasteiger charge is 2.66. The first-order chi connectivity index (χ1) is 18.7. The minimum absolute atomic E-state index is 0.0556. The molecule has 7 fully saturated rings. The van der Waals surface area contributed by atoms with Crippen molar-refractivity contribution in [3.8, 4) is 0 Å². The van der Waals surface area contributed by atoms with Crippen LogP contribution in [0.2, 0.25) is 0 Å². The molecule has 3 saturated heterocycles. The minimum Gasteiger partial charge on any atom is -0.391 e. The number of nitrogens with zero attached hydrogens (tertiary/aromatic N) is 2. The smallest absolute Gasteiger partial charge is 0.170 e. The summed E-state index contributed by atoms with van der Waals surface area (Å²) < 4.78 is 13.1. The van der Waals surface area contributed by atoms with E-state index in [1.807, 2.05) is 0 Å². The molecule has 0 aromatic heterocycles. The largest absolute Gasteiger partial charge is 0.391 e. The van der Waals surface area contributed by atoms with Crippen LogP contribution in [-0.4, -0.2) is 95.6 Å². The lowest BCUT2D eigenvalue weighted by Crippen LogP contribution is -2.61. The lowest BCUT2D eigenvalue weighted by atomic mass is 9.44. The Morgan fingerprint density at radius 3 is 2.33 bits per heavy atom. The Labute approximate surface area is 236 Å². The number of hydrogen-bond acceptors (Lipinski definition) is 5. The Hall–Kier alpha value is -0.500. The van der Waals surface area contributed by atoms with E-state index in [9.17, 15) is 10.2 Å². The maximum absolute atomic E-state index is 12.0. The molecule has 3 aliphatic heterocycles. The standard InChI is InChI=1S/C33H55N2O4/c1-4-15-35(16-5-6-17-35)28-21-26-24-8-7-23-20-29(36)27(34-13-11-33(12-14-34)38-18-19-39-33)22-32(23,3)25(24)9-10-31(26,2)30(28)37/h4,23-30,36-37H,1,5-22H2,2-3H3/q+1/t23-,24+,25-,26-,27-,28-,29-,30?,31-,32-/m0/s1. The molecule has 1 spiro atoms. The first-order valence-electron chi connectivity index (χ1n) is 16.6. The van der Waals surface area contributed by atoms with Crippen LogP contribution in [0.3, 0.4) is 0 Å². The fourth-order valence-electron chi connectivity index (χ4n) is 12.0. The van der Waals surface area contributed by atoms with Gasteiger partial charge < -0.3 is 24.2 Å². The second-order valence-corrected chi connectivity index (χ2v) is 15.5. The van der Waals surface area contributed by atoms with E-state index in [0.717, 1.165) is 74.9 Å². The van der Waals surface area contributed by atoms with Crippen LogP contribution in [0, 0.1) is 34.5 Å². The van der Waals surface area contributed by atoms with Crippen molar-refractivity contribution >= 4 is 0 Å². The summed E-state index contributed by atoms with van der Waals surface area (Å²) in [7, 11) is 0. The molecule has 6 heteroatoms. The van der Waals surface area contributed by atoms with Gasteiger partial charge in [-0.05, 0) is 73.7 Å².